The van der Waals surface area contributed by atoms with Gasteiger partial charge in [-0.3, -0.25) is 4.90 Å². The molecule has 1 aliphatic heterocycles. The van der Waals surface area contributed by atoms with E-state index in [1.54, 1.807) is 12.0 Å². The zero-order valence-corrected chi connectivity index (χ0v) is 25.5. The van der Waals surface area contributed by atoms with Crippen LogP contribution in [0.1, 0.15) is 68.2 Å². The van der Waals surface area contributed by atoms with Crippen molar-refractivity contribution in [1.29, 1.82) is 0 Å². The largest absolute Gasteiger partial charge is 0.497 e. The Labute approximate surface area is 225 Å². The molecule has 1 heterocycles. The van der Waals surface area contributed by atoms with Crippen molar-refractivity contribution in [3.05, 3.63) is 36.9 Å². The Hall–Kier alpha value is -2.03. The Bertz CT molecular complexity index is 854. The molecule has 210 valence electrons. The summed E-state index contributed by atoms with van der Waals surface area (Å²) >= 11 is 0. The minimum Gasteiger partial charge on any atom is -0.497 e. The lowest BCUT2D eigenvalue weighted by Gasteiger charge is -2.38. The summed E-state index contributed by atoms with van der Waals surface area (Å²) in [6, 6.07) is 10.5. The lowest BCUT2D eigenvalue weighted by Crippen LogP contribution is -2.50. The van der Waals surface area contributed by atoms with Gasteiger partial charge in [0.05, 0.1) is 25.9 Å². The third-order valence-corrected chi connectivity index (χ3v) is 11.9. The van der Waals surface area contributed by atoms with Crippen molar-refractivity contribution in [2.45, 2.75) is 116 Å². The topological polar surface area (TPSA) is 66.5 Å². The number of nitrogens with zero attached hydrogens (tertiary/aromatic N) is 1. The summed E-state index contributed by atoms with van der Waals surface area (Å²) in [6.07, 6.45) is 2.34. The third kappa shape index (κ3) is 8.48. The molecule has 3 atom stereocenters. The molecular weight excluding hydrogens is 486 g/mol. The maximum Gasteiger partial charge on any atom is 0.412 e. The van der Waals surface area contributed by atoms with E-state index in [-0.39, 0.29) is 24.3 Å². The first-order chi connectivity index (χ1) is 17.3. The van der Waals surface area contributed by atoms with Gasteiger partial charge in [0.15, 0.2) is 8.32 Å². The number of carbonyl (C=O) groups is 1. The summed E-state index contributed by atoms with van der Waals surface area (Å²) < 4.78 is 30.4. The van der Waals surface area contributed by atoms with E-state index in [2.05, 4.69) is 27.4 Å². The Morgan fingerprint density at radius 1 is 1.16 bits per heavy atom. The van der Waals surface area contributed by atoms with Gasteiger partial charge in [-0.05, 0) is 95.9 Å². The van der Waals surface area contributed by atoms with Gasteiger partial charge in [-0.1, -0.05) is 27.4 Å². The van der Waals surface area contributed by atoms with E-state index in [9.17, 15) is 4.79 Å². The van der Waals surface area contributed by atoms with Crippen LogP contribution in [0.4, 0.5) is 4.79 Å². The highest BCUT2D eigenvalue weighted by atomic mass is 28.4. The third-order valence-electron chi connectivity index (χ3n) is 7.21. The van der Waals surface area contributed by atoms with Crippen LogP contribution in [0.3, 0.4) is 0 Å². The van der Waals surface area contributed by atoms with Crippen molar-refractivity contribution in [2.24, 2.45) is 0 Å². The Kier molecular flexibility index (Phi) is 11.1. The molecular formula is C29H49NO6Si. The van der Waals surface area contributed by atoms with Gasteiger partial charge >= 0.3 is 6.09 Å². The predicted molar refractivity (Wildman–Crippen MR) is 151 cm³/mol. The number of benzene rings is 1. The molecule has 1 fully saturated rings. The van der Waals surface area contributed by atoms with Crippen molar-refractivity contribution < 1.29 is 28.2 Å². The number of ether oxygens (including phenoxy) is 4. The van der Waals surface area contributed by atoms with Crippen LogP contribution >= 0.6 is 0 Å². The summed E-state index contributed by atoms with van der Waals surface area (Å²) in [7, 11) is -0.307. The summed E-state index contributed by atoms with van der Waals surface area (Å²) in [5, 5.41) is 0. The van der Waals surface area contributed by atoms with E-state index in [0.717, 1.165) is 29.6 Å². The number of hydrogen-bond acceptors (Lipinski definition) is 6. The van der Waals surface area contributed by atoms with Crippen LogP contribution in [0.2, 0.25) is 18.1 Å². The SMILES string of the molecule is C=C[C@H](Oc1ccc(OC)cc1)[C@@H](CC[C@H]1COC(C)(C)N1C(=O)OC(C)(C)C)O[Si](CC)(CC)CC. The van der Waals surface area contributed by atoms with Crippen LogP contribution in [0.5, 0.6) is 11.5 Å². The lowest BCUT2D eigenvalue weighted by molar-refractivity contribution is -0.0631. The van der Waals surface area contributed by atoms with E-state index in [1.807, 2.05) is 65.0 Å². The second-order valence-corrected chi connectivity index (χ2v) is 16.0. The van der Waals surface area contributed by atoms with Gasteiger partial charge in [-0.2, -0.15) is 0 Å². The molecule has 1 aromatic rings. The summed E-state index contributed by atoms with van der Waals surface area (Å²) in [5.74, 6) is 1.51. The van der Waals surface area contributed by atoms with Gasteiger partial charge in [0.25, 0.3) is 0 Å². The molecule has 0 aliphatic carbocycles. The monoisotopic (exact) mass is 535 g/mol. The molecule has 7 nitrogen and oxygen atoms in total. The second-order valence-electron chi connectivity index (χ2n) is 11.2. The van der Waals surface area contributed by atoms with Gasteiger partial charge in [0, 0.05) is 0 Å². The normalized spacial score (nSPS) is 19.3. The fraction of sp³-hybridized carbons (Fsp3) is 0.690. The maximum atomic E-state index is 13.1. The molecule has 37 heavy (non-hydrogen) atoms. The van der Waals surface area contributed by atoms with E-state index in [1.165, 1.54) is 0 Å². The summed E-state index contributed by atoms with van der Waals surface area (Å²) in [6.45, 7) is 20.7. The van der Waals surface area contributed by atoms with Crippen LogP contribution in [-0.4, -0.2) is 62.6 Å². The first kappa shape index (κ1) is 31.2. The fourth-order valence-corrected chi connectivity index (χ4v) is 7.73. The van der Waals surface area contributed by atoms with Crippen molar-refractivity contribution in [1.82, 2.24) is 4.90 Å². The average Bonchev–Trinajstić information content (AvgIpc) is 3.16. The predicted octanol–water partition coefficient (Wildman–Crippen LogP) is 7.17. The van der Waals surface area contributed by atoms with Crippen LogP contribution in [-0.2, 0) is 13.9 Å². The van der Waals surface area contributed by atoms with Gasteiger partial charge in [0.1, 0.15) is 28.9 Å². The van der Waals surface area contributed by atoms with E-state index in [0.29, 0.717) is 19.4 Å². The van der Waals surface area contributed by atoms with Crippen LogP contribution < -0.4 is 9.47 Å². The first-order valence-electron chi connectivity index (χ1n) is 13.6. The average molecular weight is 536 g/mol. The van der Waals surface area contributed by atoms with E-state index in [4.69, 9.17) is 23.4 Å². The van der Waals surface area contributed by atoms with Gasteiger partial charge in [-0.25, -0.2) is 4.79 Å². The Morgan fingerprint density at radius 2 is 1.73 bits per heavy atom. The molecule has 1 aromatic carbocycles. The standard InChI is InChI=1S/C29H49NO6Si/c1-11-25(34-24-18-16-23(32-10)17-19-24)26(36-37(12-2,13-3)14-4)20-15-22-21-33-29(8,9)30(22)27(31)35-28(5,6)7/h11,16-19,22,25-26H,1,12-15,20-21H2,2-10H3/t22-,25-,26+/m0/s1. The molecule has 1 saturated heterocycles. The highest BCUT2D eigenvalue weighted by Gasteiger charge is 2.46. The minimum atomic E-state index is -1.95. The minimum absolute atomic E-state index is 0.122. The van der Waals surface area contributed by atoms with Gasteiger partial charge in [0.2, 0.25) is 0 Å². The molecule has 1 aliphatic rings. The molecule has 0 radical (unpaired) electrons. The Balaban J connectivity index is 2.27. The van der Waals surface area contributed by atoms with Crippen molar-refractivity contribution in [3.63, 3.8) is 0 Å². The van der Waals surface area contributed by atoms with Gasteiger partial charge in [-0.15, -0.1) is 0 Å². The maximum absolute atomic E-state index is 13.1. The van der Waals surface area contributed by atoms with Crippen molar-refractivity contribution in [2.75, 3.05) is 13.7 Å². The van der Waals surface area contributed by atoms with Gasteiger partial charge < -0.3 is 23.4 Å². The summed E-state index contributed by atoms with van der Waals surface area (Å²) in [4.78, 5) is 14.9. The zero-order valence-electron chi connectivity index (χ0n) is 24.5. The van der Waals surface area contributed by atoms with E-state index >= 15 is 0 Å². The zero-order chi connectivity index (χ0) is 27.9. The molecule has 0 saturated carbocycles. The fourth-order valence-electron chi connectivity index (χ4n) is 4.83. The van der Waals surface area contributed by atoms with Crippen molar-refractivity contribution in [3.8, 4) is 11.5 Å². The molecule has 0 unspecified atom stereocenters. The second kappa shape index (κ2) is 13.2. The first-order valence-corrected chi connectivity index (χ1v) is 16.1. The molecule has 0 spiro atoms. The highest BCUT2D eigenvalue weighted by molar-refractivity contribution is 6.73. The molecule has 0 bridgehead atoms. The highest BCUT2D eigenvalue weighted by Crippen LogP contribution is 2.34. The Morgan fingerprint density at radius 3 is 2.22 bits per heavy atom. The number of carbonyl (C=O) groups excluding carboxylic acids is 1. The van der Waals surface area contributed by atoms with E-state index < -0.39 is 19.6 Å². The molecule has 0 aromatic heterocycles. The van der Waals surface area contributed by atoms with Crippen LogP contribution in [0, 0.1) is 0 Å². The molecule has 8 heteroatoms. The molecule has 2 rings (SSSR count). The lowest BCUT2D eigenvalue weighted by atomic mass is 10.0. The summed E-state index contributed by atoms with van der Waals surface area (Å²) in [5.41, 5.74) is -1.32. The molecule has 1 amide bonds. The van der Waals surface area contributed by atoms with Crippen LogP contribution in [0.25, 0.3) is 0 Å². The molecule has 0 N–H and O–H groups in total. The quantitative estimate of drug-likeness (QED) is 0.197. The number of hydrogen-bond donors (Lipinski definition) is 0. The number of rotatable bonds is 13. The van der Waals surface area contributed by atoms with Crippen LogP contribution in [0.15, 0.2) is 36.9 Å². The number of methoxy groups -OCH3 is 1. The smallest absolute Gasteiger partial charge is 0.412 e. The van der Waals surface area contributed by atoms with Crippen molar-refractivity contribution >= 4 is 14.4 Å². The number of amides is 1.